The van der Waals surface area contributed by atoms with Crippen LogP contribution in [-0.2, 0) is 16.2 Å². The number of ether oxygens (including phenoxy) is 1. The topological polar surface area (TPSA) is 42.5 Å². The van der Waals surface area contributed by atoms with E-state index < -0.39 is 0 Å². The molecule has 1 heterocycles. The zero-order valence-electron chi connectivity index (χ0n) is 12.2. The highest BCUT2D eigenvalue weighted by Gasteiger charge is 2.19. The van der Waals surface area contributed by atoms with Gasteiger partial charge in [-0.25, -0.2) is 4.39 Å². The number of benzene rings is 2. The van der Waals surface area contributed by atoms with Crippen LogP contribution in [0.5, 0.6) is 0 Å². The van der Waals surface area contributed by atoms with E-state index in [1.165, 1.54) is 6.07 Å². The monoisotopic (exact) mass is 302 g/mol. The van der Waals surface area contributed by atoms with Gasteiger partial charge >= 0.3 is 0 Å². The van der Waals surface area contributed by atoms with Gasteiger partial charge in [-0.3, -0.25) is 10.3 Å². The second kappa shape index (κ2) is 7.35. The van der Waals surface area contributed by atoms with Gasteiger partial charge in [-0.15, -0.1) is 0 Å². The zero-order chi connectivity index (χ0) is 15.2. The van der Waals surface area contributed by atoms with Crippen molar-refractivity contribution in [2.24, 2.45) is 0 Å². The number of hydrogen-bond donors (Lipinski definition) is 2. The molecule has 2 N–H and O–H groups in total. The largest absolute Gasteiger partial charge is 0.371 e. The number of rotatable bonds is 5. The van der Waals surface area contributed by atoms with Crippen molar-refractivity contribution in [1.82, 2.24) is 5.32 Å². The maximum Gasteiger partial charge on any atom is 0.131 e. The van der Waals surface area contributed by atoms with Crippen LogP contribution in [0, 0.1) is 5.82 Å². The van der Waals surface area contributed by atoms with E-state index in [4.69, 9.17) is 9.57 Å². The molecular formula is C17H19FN2O2. The van der Waals surface area contributed by atoms with Crippen LogP contribution in [0.4, 0.5) is 10.1 Å². The molecule has 1 atom stereocenters. The molecule has 2 aromatic carbocycles. The molecule has 1 saturated heterocycles. The fourth-order valence-electron chi connectivity index (χ4n) is 2.39. The number of morpholine rings is 1. The molecule has 2 aromatic rings. The predicted molar refractivity (Wildman–Crippen MR) is 82.8 cm³/mol. The third-order valence-electron chi connectivity index (χ3n) is 3.55. The van der Waals surface area contributed by atoms with E-state index in [0.717, 1.165) is 12.1 Å². The molecule has 0 saturated carbocycles. The highest BCUT2D eigenvalue weighted by molar-refractivity contribution is 5.44. The molecule has 4 nitrogen and oxygen atoms in total. The molecule has 1 unspecified atom stereocenters. The highest BCUT2D eigenvalue weighted by atomic mass is 19.1. The lowest BCUT2D eigenvalue weighted by Gasteiger charge is -2.24. The van der Waals surface area contributed by atoms with Crippen molar-refractivity contribution in [1.29, 1.82) is 0 Å². The predicted octanol–water partition coefficient (Wildman–Crippen LogP) is 3.03. The van der Waals surface area contributed by atoms with Crippen LogP contribution in [0.1, 0.15) is 17.2 Å². The average molecular weight is 302 g/mol. The summed E-state index contributed by atoms with van der Waals surface area (Å²) in [5.41, 5.74) is 4.97. The maximum absolute atomic E-state index is 14.2. The summed E-state index contributed by atoms with van der Waals surface area (Å²) in [6.07, 6.45) is -0.229. The normalized spacial score (nSPS) is 18.1. The van der Waals surface area contributed by atoms with Crippen molar-refractivity contribution < 1.29 is 14.0 Å². The summed E-state index contributed by atoms with van der Waals surface area (Å²) in [5.74, 6) is -0.290. The Hall–Kier alpha value is -1.95. The van der Waals surface area contributed by atoms with Crippen LogP contribution >= 0.6 is 0 Å². The quantitative estimate of drug-likeness (QED) is 0.833. The van der Waals surface area contributed by atoms with Crippen molar-refractivity contribution in [2.75, 3.05) is 25.2 Å². The molecule has 0 aliphatic carbocycles. The van der Waals surface area contributed by atoms with Gasteiger partial charge < -0.3 is 10.1 Å². The van der Waals surface area contributed by atoms with Crippen molar-refractivity contribution in [3.63, 3.8) is 0 Å². The summed E-state index contributed by atoms with van der Waals surface area (Å²) < 4.78 is 19.8. The van der Waals surface area contributed by atoms with Gasteiger partial charge in [0.05, 0.1) is 25.0 Å². The van der Waals surface area contributed by atoms with E-state index in [0.29, 0.717) is 31.0 Å². The number of anilines is 1. The van der Waals surface area contributed by atoms with Gasteiger partial charge in [0, 0.05) is 18.7 Å². The summed E-state index contributed by atoms with van der Waals surface area (Å²) in [5, 5.41) is 3.20. The van der Waals surface area contributed by atoms with Crippen molar-refractivity contribution >= 4 is 5.69 Å². The first-order valence-electron chi connectivity index (χ1n) is 7.36. The van der Waals surface area contributed by atoms with E-state index in [-0.39, 0.29) is 11.9 Å². The standard InChI is InChI=1S/C17H19FN2O2/c18-16-10-14(20-22-12-13-4-2-1-3-5-13)6-7-15(16)17-11-19-8-9-21-17/h1-7,10,17,19-20H,8-9,11-12H2. The molecule has 5 heteroatoms. The van der Waals surface area contributed by atoms with Crippen LogP contribution in [0.25, 0.3) is 0 Å². The minimum absolute atomic E-state index is 0.229. The van der Waals surface area contributed by atoms with Crippen molar-refractivity contribution in [2.45, 2.75) is 12.7 Å². The molecule has 1 fully saturated rings. The van der Waals surface area contributed by atoms with Gasteiger partial charge in [0.2, 0.25) is 0 Å². The Labute approximate surface area is 129 Å². The lowest BCUT2D eigenvalue weighted by molar-refractivity contribution is 0.0255. The molecule has 0 bridgehead atoms. The Bertz CT molecular complexity index is 601. The minimum atomic E-state index is -0.290. The third-order valence-corrected chi connectivity index (χ3v) is 3.55. The fraction of sp³-hybridized carbons (Fsp3) is 0.294. The Morgan fingerprint density at radius 1 is 1.23 bits per heavy atom. The van der Waals surface area contributed by atoms with Crippen molar-refractivity contribution in [3.05, 3.63) is 65.5 Å². The highest BCUT2D eigenvalue weighted by Crippen LogP contribution is 2.24. The first-order valence-corrected chi connectivity index (χ1v) is 7.36. The Morgan fingerprint density at radius 2 is 2.09 bits per heavy atom. The van der Waals surface area contributed by atoms with E-state index >= 15 is 0 Å². The summed E-state index contributed by atoms with van der Waals surface area (Å²) in [7, 11) is 0. The zero-order valence-corrected chi connectivity index (χ0v) is 12.2. The maximum atomic E-state index is 14.2. The summed E-state index contributed by atoms with van der Waals surface area (Å²) in [6, 6.07) is 14.8. The van der Waals surface area contributed by atoms with Gasteiger partial charge in [-0.05, 0) is 17.7 Å². The van der Waals surface area contributed by atoms with Crippen LogP contribution in [-0.4, -0.2) is 19.7 Å². The van der Waals surface area contributed by atoms with Gasteiger partial charge in [0.15, 0.2) is 0 Å². The Kier molecular flexibility index (Phi) is 5.00. The van der Waals surface area contributed by atoms with Crippen LogP contribution < -0.4 is 10.8 Å². The molecular weight excluding hydrogens is 283 g/mol. The number of nitrogens with one attached hydrogen (secondary N) is 2. The molecule has 0 spiro atoms. The number of halogens is 1. The summed E-state index contributed by atoms with van der Waals surface area (Å²) >= 11 is 0. The van der Waals surface area contributed by atoms with Gasteiger partial charge in [-0.1, -0.05) is 36.4 Å². The summed E-state index contributed by atoms with van der Waals surface area (Å²) in [4.78, 5) is 5.39. The molecule has 0 amide bonds. The average Bonchev–Trinajstić information content (AvgIpc) is 2.57. The molecule has 0 radical (unpaired) electrons. The van der Waals surface area contributed by atoms with E-state index in [9.17, 15) is 4.39 Å². The lowest BCUT2D eigenvalue weighted by Crippen LogP contribution is -2.33. The summed E-state index contributed by atoms with van der Waals surface area (Å²) in [6.45, 7) is 2.46. The van der Waals surface area contributed by atoms with Crippen LogP contribution in [0.2, 0.25) is 0 Å². The fourth-order valence-corrected chi connectivity index (χ4v) is 2.39. The van der Waals surface area contributed by atoms with Crippen LogP contribution in [0.15, 0.2) is 48.5 Å². The second-order valence-corrected chi connectivity index (χ2v) is 5.18. The third kappa shape index (κ3) is 3.82. The first-order chi connectivity index (χ1) is 10.8. The van der Waals surface area contributed by atoms with E-state index in [2.05, 4.69) is 10.8 Å². The van der Waals surface area contributed by atoms with Gasteiger partial charge in [0.1, 0.15) is 5.82 Å². The smallest absolute Gasteiger partial charge is 0.131 e. The molecule has 116 valence electrons. The van der Waals surface area contributed by atoms with Crippen molar-refractivity contribution in [3.8, 4) is 0 Å². The minimum Gasteiger partial charge on any atom is -0.371 e. The molecule has 0 aromatic heterocycles. The first kappa shape index (κ1) is 15.0. The lowest BCUT2D eigenvalue weighted by atomic mass is 10.1. The SMILES string of the molecule is Fc1cc(NOCc2ccccc2)ccc1C1CNCCO1. The van der Waals surface area contributed by atoms with E-state index in [1.807, 2.05) is 30.3 Å². The Morgan fingerprint density at radius 3 is 2.82 bits per heavy atom. The number of hydrogen-bond acceptors (Lipinski definition) is 4. The Balaban J connectivity index is 1.57. The molecule has 1 aliphatic heterocycles. The van der Waals surface area contributed by atoms with E-state index in [1.54, 1.807) is 12.1 Å². The van der Waals surface area contributed by atoms with Gasteiger partial charge in [-0.2, -0.15) is 0 Å². The van der Waals surface area contributed by atoms with Crippen LogP contribution in [0.3, 0.4) is 0 Å². The molecule has 22 heavy (non-hydrogen) atoms. The molecule has 3 rings (SSSR count). The van der Waals surface area contributed by atoms with Gasteiger partial charge in [0.25, 0.3) is 0 Å². The second-order valence-electron chi connectivity index (χ2n) is 5.18. The molecule has 1 aliphatic rings.